The van der Waals surface area contributed by atoms with E-state index in [1.54, 1.807) is 23.5 Å². The van der Waals surface area contributed by atoms with E-state index in [2.05, 4.69) is 27.9 Å². The number of ether oxygens (including phenoxy) is 1. The van der Waals surface area contributed by atoms with Crippen molar-refractivity contribution in [2.75, 3.05) is 31.1 Å². The van der Waals surface area contributed by atoms with Gasteiger partial charge in [0.25, 0.3) is 0 Å². The first-order valence-corrected chi connectivity index (χ1v) is 13.8. The summed E-state index contributed by atoms with van der Waals surface area (Å²) in [6, 6.07) is 9.49. The first-order chi connectivity index (χ1) is 19.0. The van der Waals surface area contributed by atoms with Crippen LogP contribution in [0.5, 0.6) is 5.75 Å². The Morgan fingerprint density at radius 3 is 2.82 bits per heavy atom. The van der Waals surface area contributed by atoms with E-state index in [9.17, 15) is 14.7 Å². The molecule has 1 saturated heterocycles. The van der Waals surface area contributed by atoms with E-state index in [4.69, 9.17) is 4.74 Å². The maximum absolute atomic E-state index is 13.8. The van der Waals surface area contributed by atoms with Gasteiger partial charge < -0.3 is 19.3 Å². The summed E-state index contributed by atoms with van der Waals surface area (Å²) < 4.78 is 7.65. The van der Waals surface area contributed by atoms with Crippen molar-refractivity contribution >= 4 is 17.6 Å². The Kier molecular flexibility index (Phi) is 8.26. The summed E-state index contributed by atoms with van der Waals surface area (Å²) >= 11 is 0. The number of carbonyl (C=O) groups excluding carboxylic acids is 1. The summed E-state index contributed by atoms with van der Waals surface area (Å²) in [5, 5.41) is 10.5. The highest BCUT2D eigenvalue weighted by atomic mass is 16.5. The molecule has 1 aromatic carbocycles. The number of aliphatic carboxylic acids is 1. The average molecular weight is 532 g/mol. The van der Waals surface area contributed by atoms with Crippen molar-refractivity contribution in [2.24, 2.45) is 13.0 Å². The summed E-state index contributed by atoms with van der Waals surface area (Å²) in [5.74, 6) is 0.0571. The van der Waals surface area contributed by atoms with Crippen LogP contribution in [0.25, 0.3) is 0 Å². The number of hydrogen-bond donors (Lipinski definition) is 1. The second kappa shape index (κ2) is 12.0. The lowest BCUT2D eigenvalue weighted by atomic mass is 9.83. The van der Waals surface area contributed by atoms with Crippen molar-refractivity contribution in [3.05, 3.63) is 72.1 Å². The molecule has 3 aromatic rings. The van der Waals surface area contributed by atoms with Crippen LogP contribution in [-0.4, -0.2) is 68.7 Å². The zero-order valence-corrected chi connectivity index (χ0v) is 22.7. The Hall–Kier alpha value is -3.72. The number of unbranched alkanes of at least 4 members (excludes halogenated alkanes) is 1. The van der Waals surface area contributed by atoms with Crippen molar-refractivity contribution < 1.29 is 19.4 Å². The van der Waals surface area contributed by atoms with Crippen molar-refractivity contribution in [1.82, 2.24) is 19.4 Å². The highest BCUT2D eigenvalue weighted by Crippen LogP contribution is 2.41. The van der Waals surface area contributed by atoms with Gasteiger partial charge in [-0.05, 0) is 42.2 Å². The molecule has 1 amide bonds. The van der Waals surface area contributed by atoms with E-state index in [0.29, 0.717) is 32.5 Å². The van der Waals surface area contributed by atoms with Crippen LogP contribution in [-0.2, 0) is 29.5 Å². The summed E-state index contributed by atoms with van der Waals surface area (Å²) in [6.45, 7) is 4.01. The van der Waals surface area contributed by atoms with Crippen molar-refractivity contribution in [2.45, 2.75) is 51.0 Å². The number of likely N-dealkylation sites (tertiary alicyclic amines) is 1. The van der Waals surface area contributed by atoms with Crippen molar-refractivity contribution in [3.8, 4) is 5.75 Å². The fourth-order valence-corrected chi connectivity index (χ4v) is 6.03. The standard InChI is InChI=1S/C30H37N5O4/c1-3-4-14-35(23-6-5-12-31-18-23)28(36)20-34-19-24(21-7-9-26-22(17-21)11-16-39-26)29(30(37)38)25(34)8-10-27-32-13-15-33(27)2/h5-7,9,12-13,15,17-18,24-25,29H,3-4,8,10-11,14,16,19-20H2,1-2H3,(H,37,38)/t24-,25+,29?/m1/s1. The van der Waals surface area contributed by atoms with Gasteiger partial charge in [-0.3, -0.25) is 19.5 Å². The minimum Gasteiger partial charge on any atom is -0.493 e. The average Bonchev–Trinajstić information content (AvgIpc) is 3.66. The zero-order chi connectivity index (χ0) is 27.4. The molecule has 1 unspecified atom stereocenters. The van der Waals surface area contributed by atoms with Crippen molar-refractivity contribution in [1.29, 1.82) is 0 Å². The maximum Gasteiger partial charge on any atom is 0.308 e. The van der Waals surface area contributed by atoms with Gasteiger partial charge in [-0.1, -0.05) is 25.5 Å². The molecule has 3 atom stereocenters. The normalized spacial score (nSPS) is 20.5. The zero-order valence-electron chi connectivity index (χ0n) is 22.7. The molecule has 0 aliphatic carbocycles. The van der Waals surface area contributed by atoms with Crippen LogP contribution >= 0.6 is 0 Å². The molecular formula is C30H37N5O4. The van der Waals surface area contributed by atoms with Crippen LogP contribution < -0.4 is 9.64 Å². The number of carboxylic acid groups (broad SMARTS) is 1. The molecule has 0 bridgehead atoms. The second-order valence-electron chi connectivity index (χ2n) is 10.5. The summed E-state index contributed by atoms with van der Waals surface area (Å²) in [5.41, 5.74) is 2.89. The third-order valence-corrected chi connectivity index (χ3v) is 8.09. The number of imidazole rings is 1. The minimum atomic E-state index is -0.827. The Morgan fingerprint density at radius 2 is 2.10 bits per heavy atom. The minimum absolute atomic E-state index is 0.0365. The smallest absolute Gasteiger partial charge is 0.308 e. The van der Waals surface area contributed by atoms with Gasteiger partial charge >= 0.3 is 5.97 Å². The number of fused-ring (bicyclic) bond motifs is 1. The number of carbonyl (C=O) groups is 2. The van der Waals surface area contributed by atoms with Gasteiger partial charge in [0.2, 0.25) is 5.91 Å². The Morgan fingerprint density at radius 1 is 1.23 bits per heavy atom. The van der Waals surface area contributed by atoms with E-state index in [0.717, 1.165) is 47.7 Å². The first-order valence-electron chi connectivity index (χ1n) is 13.8. The lowest BCUT2D eigenvalue weighted by molar-refractivity contribution is -0.143. The molecule has 9 nitrogen and oxygen atoms in total. The van der Waals surface area contributed by atoms with Crippen LogP contribution in [0.3, 0.4) is 0 Å². The van der Waals surface area contributed by atoms with Crippen LogP contribution in [0.4, 0.5) is 5.69 Å². The lowest BCUT2D eigenvalue weighted by Crippen LogP contribution is -2.44. The highest BCUT2D eigenvalue weighted by molar-refractivity contribution is 5.94. The van der Waals surface area contributed by atoms with Crippen LogP contribution in [0, 0.1) is 5.92 Å². The van der Waals surface area contributed by atoms with Crippen LogP contribution in [0.1, 0.15) is 49.1 Å². The molecule has 0 spiro atoms. The first kappa shape index (κ1) is 26.9. The molecule has 9 heteroatoms. The predicted octanol–water partition coefficient (Wildman–Crippen LogP) is 3.68. The summed E-state index contributed by atoms with van der Waals surface area (Å²) in [4.78, 5) is 39.2. The van der Waals surface area contributed by atoms with E-state index < -0.39 is 11.9 Å². The third kappa shape index (κ3) is 5.83. The van der Waals surface area contributed by atoms with Gasteiger partial charge in [0.15, 0.2) is 0 Å². The number of anilines is 1. The Labute approximate surface area is 229 Å². The Balaban J connectivity index is 1.44. The number of pyridine rings is 1. The quantitative estimate of drug-likeness (QED) is 0.403. The number of carboxylic acids is 1. The van der Waals surface area contributed by atoms with Gasteiger partial charge in [-0.2, -0.15) is 0 Å². The molecule has 2 aliphatic rings. The lowest BCUT2D eigenvalue weighted by Gasteiger charge is -2.29. The topological polar surface area (TPSA) is 101 Å². The predicted molar refractivity (Wildman–Crippen MR) is 148 cm³/mol. The van der Waals surface area contributed by atoms with E-state index in [1.807, 2.05) is 42.1 Å². The van der Waals surface area contributed by atoms with Gasteiger partial charge in [0, 0.05) is 63.5 Å². The largest absolute Gasteiger partial charge is 0.493 e. The summed E-state index contributed by atoms with van der Waals surface area (Å²) in [7, 11) is 1.95. The molecule has 2 aromatic heterocycles. The molecule has 1 N–H and O–H groups in total. The fourth-order valence-electron chi connectivity index (χ4n) is 6.03. The Bertz CT molecular complexity index is 1290. The molecule has 1 fully saturated rings. The second-order valence-corrected chi connectivity index (χ2v) is 10.5. The molecule has 0 radical (unpaired) electrons. The molecule has 206 valence electrons. The maximum atomic E-state index is 13.8. The van der Waals surface area contributed by atoms with Gasteiger partial charge in [-0.15, -0.1) is 0 Å². The molecule has 4 heterocycles. The molecule has 39 heavy (non-hydrogen) atoms. The van der Waals surface area contributed by atoms with Gasteiger partial charge in [0.1, 0.15) is 11.6 Å². The summed E-state index contributed by atoms with van der Waals surface area (Å²) in [6.07, 6.45) is 11.0. The van der Waals surface area contributed by atoms with E-state index >= 15 is 0 Å². The van der Waals surface area contributed by atoms with Gasteiger partial charge in [0.05, 0.1) is 31.0 Å². The number of aryl methyl sites for hydroxylation is 2. The molecule has 2 aliphatic heterocycles. The fraction of sp³-hybridized carbons (Fsp3) is 0.467. The molecule has 5 rings (SSSR count). The number of hydrogen-bond acceptors (Lipinski definition) is 6. The van der Waals surface area contributed by atoms with Crippen LogP contribution in [0.2, 0.25) is 0 Å². The SMILES string of the molecule is CCCCN(C(=O)CN1C[C@H](c2ccc3c(c2)CCO3)C(C(=O)O)[C@@H]1CCc1nccn1C)c1cccnc1. The number of amides is 1. The number of aromatic nitrogens is 3. The van der Waals surface area contributed by atoms with E-state index in [1.165, 1.54) is 0 Å². The monoisotopic (exact) mass is 531 g/mol. The third-order valence-electron chi connectivity index (χ3n) is 8.09. The van der Waals surface area contributed by atoms with E-state index in [-0.39, 0.29) is 24.4 Å². The van der Waals surface area contributed by atoms with Gasteiger partial charge in [-0.25, -0.2) is 4.98 Å². The highest BCUT2D eigenvalue weighted by Gasteiger charge is 2.47. The van der Waals surface area contributed by atoms with Crippen LogP contribution in [0.15, 0.2) is 55.1 Å². The molecule has 0 saturated carbocycles. The van der Waals surface area contributed by atoms with Crippen molar-refractivity contribution in [3.63, 3.8) is 0 Å². The number of rotatable bonds is 11. The molecular weight excluding hydrogens is 494 g/mol. The number of benzene rings is 1. The number of nitrogens with zero attached hydrogens (tertiary/aromatic N) is 5.